The monoisotopic (exact) mass is 441 g/mol. The van der Waals surface area contributed by atoms with E-state index >= 15 is 0 Å². The van der Waals surface area contributed by atoms with Crippen LogP contribution in [-0.4, -0.2) is 25.1 Å². The van der Waals surface area contributed by atoms with Crippen molar-refractivity contribution in [1.29, 1.82) is 0 Å². The Morgan fingerprint density at radius 3 is 2.52 bits per heavy atom. The summed E-state index contributed by atoms with van der Waals surface area (Å²) in [6.45, 7) is 8.27. The molecular weight excluding hydrogens is 414 g/mol. The normalized spacial score (nSPS) is 11.0. The van der Waals surface area contributed by atoms with Crippen LogP contribution in [0, 0.1) is 6.92 Å². The summed E-state index contributed by atoms with van der Waals surface area (Å²) in [4.78, 5) is 30.5. The van der Waals surface area contributed by atoms with Crippen LogP contribution in [0.4, 0.5) is 5.69 Å². The minimum absolute atomic E-state index is 0.142. The van der Waals surface area contributed by atoms with Crippen molar-refractivity contribution in [3.05, 3.63) is 94.4 Å². The minimum atomic E-state index is -0.252. The van der Waals surface area contributed by atoms with Crippen molar-refractivity contribution < 1.29 is 4.79 Å². The fraction of sp³-hybridized carbons (Fsp3) is 0.231. The number of benzene rings is 2. The molecule has 2 aromatic heterocycles. The van der Waals surface area contributed by atoms with Crippen LogP contribution >= 0.6 is 0 Å². The molecule has 0 aliphatic heterocycles. The van der Waals surface area contributed by atoms with Crippen molar-refractivity contribution in [2.24, 2.45) is 0 Å². The van der Waals surface area contributed by atoms with Crippen LogP contribution in [0.3, 0.4) is 0 Å². The van der Waals surface area contributed by atoms with Gasteiger partial charge in [0.1, 0.15) is 0 Å². The summed E-state index contributed by atoms with van der Waals surface area (Å²) >= 11 is 0. The van der Waals surface area contributed by atoms with Crippen LogP contribution in [0.5, 0.6) is 0 Å². The fourth-order valence-corrected chi connectivity index (χ4v) is 3.84. The molecule has 0 fully saturated rings. The average molecular weight is 442 g/mol. The van der Waals surface area contributed by atoms with Crippen molar-refractivity contribution >= 4 is 17.4 Å². The van der Waals surface area contributed by atoms with E-state index < -0.39 is 0 Å². The maximum Gasteiger partial charge on any atom is 0.279 e. The Balaban J connectivity index is 1.63. The molecule has 0 unspecified atom stereocenters. The standard InChI is InChI=1S/C26H27N5O2/c1-4-17-30-18(3)22(15-16-23(32)27-21-13-11-19(5-2)12-14-21)25(33)31-26(30)28-24(29-31)20-9-7-6-8-10-20/h4,6-14H,1,5,15-17H2,2-3H3,(H,27,32). The summed E-state index contributed by atoms with van der Waals surface area (Å²) in [5.41, 5.74) is 3.85. The average Bonchev–Trinajstić information content (AvgIpc) is 3.28. The molecule has 0 atom stereocenters. The van der Waals surface area contributed by atoms with Crippen LogP contribution in [0.2, 0.25) is 0 Å². The van der Waals surface area contributed by atoms with Crippen molar-refractivity contribution in [2.45, 2.75) is 39.7 Å². The van der Waals surface area contributed by atoms with Crippen molar-refractivity contribution in [3.8, 4) is 11.4 Å². The van der Waals surface area contributed by atoms with Gasteiger partial charge >= 0.3 is 0 Å². The summed E-state index contributed by atoms with van der Waals surface area (Å²) in [6, 6.07) is 17.3. The van der Waals surface area contributed by atoms with Gasteiger partial charge in [-0.2, -0.15) is 9.50 Å². The van der Waals surface area contributed by atoms with Crippen LogP contribution < -0.4 is 10.9 Å². The number of rotatable bonds is 8. The van der Waals surface area contributed by atoms with Gasteiger partial charge in [0.2, 0.25) is 11.7 Å². The predicted octanol–water partition coefficient (Wildman–Crippen LogP) is 4.19. The molecule has 0 spiro atoms. The van der Waals surface area contributed by atoms with E-state index in [-0.39, 0.29) is 17.9 Å². The number of carbonyl (C=O) groups is 1. The molecule has 0 saturated carbocycles. The van der Waals surface area contributed by atoms with Crippen molar-refractivity contribution in [1.82, 2.24) is 19.2 Å². The lowest BCUT2D eigenvalue weighted by atomic mass is 10.1. The number of nitrogens with zero attached hydrogens (tertiary/aromatic N) is 4. The van der Waals surface area contributed by atoms with Crippen LogP contribution in [0.1, 0.15) is 30.2 Å². The van der Waals surface area contributed by atoms with Crippen LogP contribution in [-0.2, 0) is 24.2 Å². The van der Waals surface area contributed by atoms with Gasteiger partial charge in [-0.1, -0.05) is 55.5 Å². The maximum atomic E-state index is 13.3. The third kappa shape index (κ3) is 4.62. The smallest absolute Gasteiger partial charge is 0.279 e. The van der Waals surface area contributed by atoms with E-state index in [1.54, 1.807) is 6.08 Å². The topological polar surface area (TPSA) is 81.3 Å². The third-order valence-electron chi connectivity index (χ3n) is 5.72. The summed E-state index contributed by atoms with van der Waals surface area (Å²) in [5, 5.41) is 7.38. The number of anilines is 1. The SMILES string of the molecule is C=CCn1c(C)c(CCC(=O)Nc2ccc(CC)cc2)c(=O)n2nc(-c3ccccc3)nc12. The molecule has 0 radical (unpaired) electrons. The third-order valence-corrected chi connectivity index (χ3v) is 5.72. The molecule has 0 aliphatic carbocycles. The zero-order valence-corrected chi connectivity index (χ0v) is 18.9. The quantitative estimate of drug-likeness (QED) is 0.416. The lowest BCUT2D eigenvalue weighted by molar-refractivity contribution is -0.116. The Morgan fingerprint density at radius 1 is 1.12 bits per heavy atom. The molecule has 0 bridgehead atoms. The van der Waals surface area contributed by atoms with E-state index in [2.05, 4.69) is 28.9 Å². The second-order valence-electron chi connectivity index (χ2n) is 7.88. The molecule has 1 N–H and O–H groups in total. The van der Waals surface area contributed by atoms with Crippen LogP contribution in [0.15, 0.2) is 72.0 Å². The zero-order valence-electron chi connectivity index (χ0n) is 18.9. The van der Waals surface area contributed by atoms with Gasteiger partial charge in [-0.05, 0) is 37.5 Å². The van der Waals surface area contributed by atoms with Gasteiger partial charge in [-0.15, -0.1) is 11.7 Å². The molecule has 7 nitrogen and oxygen atoms in total. The highest BCUT2D eigenvalue weighted by atomic mass is 16.1. The Bertz CT molecular complexity index is 1350. The summed E-state index contributed by atoms with van der Waals surface area (Å²) < 4.78 is 3.24. The number of hydrogen-bond acceptors (Lipinski definition) is 4. The van der Waals surface area contributed by atoms with Gasteiger partial charge in [0, 0.05) is 35.5 Å². The van der Waals surface area contributed by atoms with E-state index in [4.69, 9.17) is 0 Å². The Labute approximate surface area is 192 Å². The summed E-state index contributed by atoms with van der Waals surface area (Å²) in [7, 11) is 0. The Morgan fingerprint density at radius 2 is 1.85 bits per heavy atom. The number of amides is 1. The van der Waals surface area contributed by atoms with Crippen molar-refractivity contribution in [2.75, 3.05) is 5.32 Å². The van der Waals surface area contributed by atoms with Gasteiger partial charge < -0.3 is 9.88 Å². The van der Waals surface area contributed by atoms with Crippen molar-refractivity contribution in [3.63, 3.8) is 0 Å². The van der Waals surface area contributed by atoms with Gasteiger partial charge in [0.25, 0.3) is 5.56 Å². The number of fused-ring (bicyclic) bond motifs is 1. The van der Waals surface area contributed by atoms with Gasteiger partial charge in [-0.25, -0.2) is 0 Å². The number of allylic oxidation sites excluding steroid dienone is 1. The van der Waals surface area contributed by atoms with E-state index in [0.29, 0.717) is 30.1 Å². The highest BCUT2D eigenvalue weighted by Gasteiger charge is 2.19. The van der Waals surface area contributed by atoms with E-state index in [1.165, 1.54) is 10.1 Å². The molecule has 2 aromatic carbocycles. The number of aryl methyl sites for hydroxylation is 1. The van der Waals surface area contributed by atoms with E-state index in [1.807, 2.05) is 66.1 Å². The molecule has 7 heteroatoms. The highest BCUT2D eigenvalue weighted by molar-refractivity contribution is 5.90. The lowest BCUT2D eigenvalue weighted by Gasteiger charge is -2.14. The highest BCUT2D eigenvalue weighted by Crippen LogP contribution is 2.18. The number of hydrogen-bond donors (Lipinski definition) is 1. The number of carbonyl (C=O) groups excluding carboxylic acids is 1. The Hall–Kier alpha value is -4.00. The lowest BCUT2D eigenvalue weighted by Crippen LogP contribution is -2.27. The van der Waals surface area contributed by atoms with E-state index in [0.717, 1.165) is 23.4 Å². The molecule has 33 heavy (non-hydrogen) atoms. The molecule has 2 heterocycles. The molecule has 168 valence electrons. The first-order chi connectivity index (χ1) is 16.0. The molecule has 4 rings (SSSR count). The second-order valence-corrected chi connectivity index (χ2v) is 7.88. The largest absolute Gasteiger partial charge is 0.326 e. The molecule has 1 amide bonds. The first-order valence-corrected chi connectivity index (χ1v) is 11.1. The van der Waals surface area contributed by atoms with E-state index in [9.17, 15) is 9.59 Å². The number of nitrogens with one attached hydrogen (secondary N) is 1. The van der Waals surface area contributed by atoms with Gasteiger partial charge in [0.15, 0.2) is 5.82 Å². The number of aromatic nitrogens is 4. The predicted molar refractivity (Wildman–Crippen MR) is 130 cm³/mol. The molecular formula is C26H27N5O2. The maximum absolute atomic E-state index is 13.3. The molecule has 0 saturated heterocycles. The van der Waals surface area contributed by atoms with Gasteiger partial charge in [0.05, 0.1) is 0 Å². The van der Waals surface area contributed by atoms with Gasteiger partial charge in [-0.3, -0.25) is 9.59 Å². The Kier molecular flexibility index (Phi) is 6.49. The minimum Gasteiger partial charge on any atom is -0.326 e. The summed E-state index contributed by atoms with van der Waals surface area (Å²) in [5.74, 6) is 0.799. The fourth-order valence-electron chi connectivity index (χ4n) is 3.84. The first kappa shape index (κ1) is 22.2. The zero-order chi connectivity index (χ0) is 23.4. The molecule has 0 aliphatic rings. The van der Waals surface area contributed by atoms with Crippen LogP contribution in [0.25, 0.3) is 17.2 Å². The summed E-state index contributed by atoms with van der Waals surface area (Å²) in [6.07, 6.45) is 3.19. The first-order valence-electron chi connectivity index (χ1n) is 11.1. The second kappa shape index (κ2) is 9.65. The molecule has 4 aromatic rings.